The van der Waals surface area contributed by atoms with Crippen LogP contribution in [0.2, 0.25) is 0 Å². The summed E-state index contributed by atoms with van der Waals surface area (Å²) < 4.78 is 5.40. The summed E-state index contributed by atoms with van der Waals surface area (Å²) in [4.78, 5) is 31.9. The third-order valence-electron chi connectivity index (χ3n) is 4.56. The highest BCUT2D eigenvalue weighted by molar-refractivity contribution is 7.13. The predicted molar refractivity (Wildman–Crippen MR) is 109 cm³/mol. The lowest BCUT2D eigenvalue weighted by molar-refractivity contribution is 0.0920. The number of nitrogens with one attached hydrogen (secondary N) is 2. The Kier molecular flexibility index (Phi) is 5.16. The maximum Gasteiger partial charge on any atom is 0.414 e. The predicted octanol–water partition coefficient (Wildman–Crippen LogP) is 2.16. The van der Waals surface area contributed by atoms with Gasteiger partial charge in [0.05, 0.1) is 36.7 Å². The minimum absolute atomic E-state index is 0.144. The van der Waals surface area contributed by atoms with Crippen LogP contribution in [-0.4, -0.2) is 50.6 Å². The first-order valence-corrected chi connectivity index (χ1v) is 9.86. The van der Waals surface area contributed by atoms with E-state index in [1.807, 2.05) is 42.3 Å². The van der Waals surface area contributed by atoms with E-state index in [0.717, 1.165) is 29.3 Å². The van der Waals surface area contributed by atoms with Gasteiger partial charge in [-0.25, -0.2) is 4.79 Å². The Morgan fingerprint density at radius 1 is 1.29 bits per heavy atom. The van der Waals surface area contributed by atoms with Gasteiger partial charge in [0.2, 0.25) is 0 Å². The van der Waals surface area contributed by atoms with Crippen molar-refractivity contribution in [3.05, 3.63) is 46.2 Å². The second kappa shape index (κ2) is 7.89. The topological polar surface area (TPSA) is 86.3 Å². The van der Waals surface area contributed by atoms with E-state index >= 15 is 0 Å². The van der Waals surface area contributed by atoms with Gasteiger partial charge in [-0.15, -0.1) is 11.3 Å². The van der Waals surface area contributed by atoms with Gasteiger partial charge < -0.3 is 10.1 Å². The molecule has 2 amide bonds. The molecule has 2 aromatic rings. The Balaban J connectivity index is 1.34. The molecule has 0 aliphatic carbocycles. The summed E-state index contributed by atoms with van der Waals surface area (Å²) in [5.41, 5.74) is 4.84. The largest absolute Gasteiger partial charge is 0.442 e. The molecule has 1 atom stereocenters. The molecule has 3 heterocycles. The Bertz CT molecular complexity index is 895. The smallest absolute Gasteiger partial charge is 0.414 e. The second-order valence-corrected chi connectivity index (χ2v) is 7.86. The minimum Gasteiger partial charge on any atom is -0.442 e. The molecule has 4 rings (SSSR count). The van der Waals surface area contributed by atoms with Crippen LogP contribution < -0.4 is 20.7 Å². The zero-order chi connectivity index (χ0) is 19.5. The number of aliphatic imine (C=N–C) groups is 1. The molecule has 0 saturated carbocycles. The van der Waals surface area contributed by atoms with Crippen LogP contribution in [0.5, 0.6) is 0 Å². The molecule has 0 bridgehead atoms. The third-order valence-corrected chi connectivity index (χ3v) is 5.56. The number of benzene rings is 1. The molecule has 2 aliphatic heterocycles. The average molecular weight is 399 g/mol. The molecule has 28 heavy (non-hydrogen) atoms. The number of anilines is 2. The molecular formula is C19H21N5O3S. The highest BCUT2D eigenvalue weighted by Gasteiger charge is 2.32. The summed E-state index contributed by atoms with van der Waals surface area (Å²) >= 11 is 1.44. The van der Waals surface area contributed by atoms with Gasteiger partial charge in [-0.05, 0) is 43.3 Å². The molecule has 1 aromatic heterocycles. The van der Waals surface area contributed by atoms with Crippen LogP contribution in [0.4, 0.5) is 16.2 Å². The van der Waals surface area contributed by atoms with Gasteiger partial charge in [0, 0.05) is 10.6 Å². The summed E-state index contributed by atoms with van der Waals surface area (Å²) in [5, 5.41) is 4.83. The fourth-order valence-corrected chi connectivity index (χ4v) is 3.89. The number of cyclic esters (lactones) is 1. The quantitative estimate of drug-likeness (QED) is 0.805. The van der Waals surface area contributed by atoms with Crippen molar-refractivity contribution < 1.29 is 14.3 Å². The van der Waals surface area contributed by atoms with Gasteiger partial charge in [0.25, 0.3) is 5.91 Å². The number of nitrogens with zero attached hydrogens (tertiary/aromatic N) is 3. The first kappa shape index (κ1) is 18.3. The zero-order valence-electron chi connectivity index (χ0n) is 15.4. The lowest BCUT2D eigenvalue weighted by Crippen LogP contribution is -2.42. The summed E-state index contributed by atoms with van der Waals surface area (Å²) in [6.45, 7) is 4.17. The molecule has 1 aromatic carbocycles. The number of carbonyl (C=O) groups is 2. The van der Waals surface area contributed by atoms with Crippen molar-refractivity contribution in [1.82, 2.24) is 10.7 Å². The van der Waals surface area contributed by atoms with E-state index in [9.17, 15) is 9.59 Å². The molecule has 2 N–H and O–H groups in total. The van der Waals surface area contributed by atoms with E-state index in [-0.39, 0.29) is 18.6 Å². The Morgan fingerprint density at radius 2 is 2.07 bits per heavy atom. The van der Waals surface area contributed by atoms with Gasteiger partial charge in [0.1, 0.15) is 12.4 Å². The molecule has 146 valence electrons. The van der Waals surface area contributed by atoms with Gasteiger partial charge in [-0.3, -0.25) is 25.1 Å². The maximum atomic E-state index is 12.2. The number of carbonyl (C=O) groups excluding carboxylic acids is 2. The van der Waals surface area contributed by atoms with Crippen molar-refractivity contribution >= 4 is 41.1 Å². The number of amides is 2. The van der Waals surface area contributed by atoms with Crippen LogP contribution in [0.25, 0.3) is 0 Å². The fraction of sp³-hybridized carbons (Fsp3) is 0.316. The van der Waals surface area contributed by atoms with Crippen molar-refractivity contribution in [1.29, 1.82) is 0 Å². The molecule has 1 saturated heterocycles. The number of ether oxygens (including phenoxy) is 1. The number of hydrogen-bond donors (Lipinski definition) is 2. The number of hydrogen-bond acceptors (Lipinski definition) is 7. The molecule has 2 aliphatic rings. The molecule has 0 radical (unpaired) electrons. The van der Waals surface area contributed by atoms with E-state index in [1.165, 1.54) is 11.3 Å². The maximum absolute atomic E-state index is 12.2. The van der Waals surface area contributed by atoms with Crippen molar-refractivity contribution in [3.63, 3.8) is 0 Å². The van der Waals surface area contributed by atoms with E-state index in [1.54, 1.807) is 17.3 Å². The molecule has 8 nitrogen and oxygen atoms in total. The van der Waals surface area contributed by atoms with E-state index in [0.29, 0.717) is 11.4 Å². The summed E-state index contributed by atoms with van der Waals surface area (Å²) in [5.74, 6) is -0.144. The van der Waals surface area contributed by atoms with Gasteiger partial charge in [-0.2, -0.15) is 0 Å². The normalized spacial score (nSPS) is 18.8. The van der Waals surface area contributed by atoms with Crippen molar-refractivity contribution in [3.8, 4) is 0 Å². The van der Waals surface area contributed by atoms with Crippen LogP contribution in [-0.2, 0) is 4.74 Å². The van der Waals surface area contributed by atoms with Gasteiger partial charge >= 0.3 is 6.09 Å². The first-order valence-electron chi connectivity index (χ1n) is 9.05. The number of aryl methyl sites for hydroxylation is 1. The Labute approximate surface area is 166 Å². The van der Waals surface area contributed by atoms with Crippen molar-refractivity contribution in [2.75, 3.05) is 36.1 Å². The highest BCUT2D eigenvalue weighted by atomic mass is 32.1. The SMILES string of the molecule is Cc1ccc(C(=O)NCC2CN(c3ccc(N4CCN=CN4)cc3)C(=O)O2)s1. The van der Waals surface area contributed by atoms with Crippen molar-refractivity contribution in [2.45, 2.75) is 13.0 Å². The lowest BCUT2D eigenvalue weighted by atomic mass is 10.2. The summed E-state index contributed by atoms with van der Waals surface area (Å²) in [6, 6.07) is 11.4. The molecule has 1 unspecified atom stereocenters. The van der Waals surface area contributed by atoms with Gasteiger partial charge in [-0.1, -0.05) is 0 Å². The van der Waals surface area contributed by atoms with Crippen LogP contribution in [0.3, 0.4) is 0 Å². The number of rotatable bonds is 5. The third kappa shape index (κ3) is 3.94. The van der Waals surface area contributed by atoms with Crippen LogP contribution >= 0.6 is 11.3 Å². The zero-order valence-corrected chi connectivity index (χ0v) is 16.2. The first-order chi connectivity index (χ1) is 13.6. The average Bonchev–Trinajstić information content (AvgIpc) is 3.32. The van der Waals surface area contributed by atoms with Crippen molar-refractivity contribution in [2.24, 2.45) is 4.99 Å². The highest BCUT2D eigenvalue weighted by Crippen LogP contribution is 2.24. The molecular weight excluding hydrogens is 378 g/mol. The number of thiophene rings is 1. The number of hydrazine groups is 1. The van der Waals surface area contributed by atoms with Crippen LogP contribution in [0.1, 0.15) is 14.5 Å². The fourth-order valence-electron chi connectivity index (χ4n) is 3.10. The molecule has 1 fully saturated rings. The lowest BCUT2D eigenvalue weighted by Gasteiger charge is -2.26. The summed E-state index contributed by atoms with van der Waals surface area (Å²) in [7, 11) is 0. The second-order valence-electron chi connectivity index (χ2n) is 6.57. The minimum atomic E-state index is -0.401. The van der Waals surface area contributed by atoms with Crippen LogP contribution in [0.15, 0.2) is 41.4 Å². The van der Waals surface area contributed by atoms with E-state index in [2.05, 4.69) is 15.7 Å². The summed E-state index contributed by atoms with van der Waals surface area (Å²) in [6.07, 6.45) is 0.894. The Hall–Kier alpha value is -3.07. The monoisotopic (exact) mass is 399 g/mol. The van der Waals surface area contributed by atoms with Crippen LogP contribution in [0, 0.1) is 6.92 Å². The molecule has 9 heteroatoms. The van der Waals surface area contributed by atoms with Gasteiger partial charge in [0.15, 0.2) is 0 Å². The molecule has 0 spiro atoms. The Morgan fingerprint density at radius 3 is 2.75 bits per heavy atom. The van der Waals surface area contributed by atoms with E-state index in [4.69, 9.17) is 4.74 Å². The van der Waals surface area contributed by atoms with E-state index < -0.39 is 6.09 Å². The standard InChI is InChI=1S/C19H21N5O3S/c1-13-2-7-17(28-13)18(25)21-10-16-11-23(19(26)27-16)14-3-5-15(6-4-14)24-9-8-20-12-22-24/h2-7,12,16H,8-11H2,1H3,(H,20,22)(H,21,25).